The average Bonchev–Trinajstić information content (AvgIpc) is 2.64. The fourth-order valence-electron chi connectivity index (χ4n) is 1.17. The minimum absolute atomic E-state index is 0.315. The summed E-state index contributed by atoms with van der Waals surface area (Å²) < 4.78 is 23.4. The van der Waals surface area contributed by atoms with E-state index in [9.17, 15) is 8.42 Å². The molecule has 2 aromatic rings. The lowest BCUT2D eigenvalue weighted by Gasteiger charge is -1.98. The van der Waals surface area contributed by atoms with Gasteiger partial charge in [0.2, 0.25) is 0 Å². The van der Waals surface area contributed by atoms with E-state index in [0.29, 0.717) is 4.90 Å². The largest absolute Gasteiger partial charge is 0.224 e. The predicted molar refractivity (Wildman–Crippen MR) is 71.2 cm³/mol. The summed E-state index contributed by atoms with van der Waals surface area (Å²) >= 11 is 3.57. The van der Waals surface area contributed by atoms with Crippen LogP contribution in [0.3, 0.4) is 0 Å². The SMILES string of the molecule is CS(=O)(=O)c1ccc(-c2nnc(I)s2)cc1. The van der Waals surface area contributed by atoms with Crippen molar-refractivity contribution >= 4 is 43.8 Å². The zero-order valence-corrected chi connectivity index (χ0v) is 12.0. The molecule has 16 heavy (non-hydrogen) atoms. The maximum atomic E-state index is 11.3. The van der Waals surface area contributed by atoms with E-state index in [2.05, 4.69) is 32.8 Å². The number of sulfone groups is 1. The number of benzene rings is 1. The van der Waals surface area contributed by atoms with E-state index in [4.69, 9.17) is 0 Å². The Morgan fingerprint density at radius 3 is 2.25 bits per heavy atom. The van der Waals surface area contributed by atoms with Crippen molar-refractivity contribution in [2.75, 3.05) is 6.26 Å². The fourth-order valence-corrected chi connectivity index (χ4v) is 3.11. The molecule has 0 fully saturated rings. The van der Waals surface area contributed by atoms with E-state index >= 15 is 0 Å². The fraction of sp³-hybridized carbons (Fsp3) is 0.111. The second-order valence-electron chi connectivity index (χ2n) is 3.16. The Kier molecular flexibility index (Phi) is 3.27. The van der Waals surface area contributed by atoms with Gasteiger partial charge in [0.05, 0.1) is 4.90 Å². The molecule has 0 saturated heterocycles. The number of aromatic nitrogens is 2. The Morgan fingerprint density at radius 2 is 1.81 bits per heavy atom. The van der Waals surface area contributed by atoms with Crippen LogP contribution in [-0.2, 0) is 9.84 Å². The first kappa shape index (κ1) is 11.9. The highest BCUT2D eigenvalue weighted by Crippen LogP contribution is 2.25. The Balaban J connectivity index is 2.40. The predicted octanol–water partition coefficient (Wildman–Crippen LogP) is 2.21. The van der Waals surface area contributed by atoms with Crippen molar-refractivity contribution in [3.05, 3.63) is 27.3 Å². The van der Waals surface area contributed by atoms with Gasteiger partial charge in [0.15, 0.2) is 12.9 Å². The third kappa shape index (κ3) is 2.58. The molecular weight excluding hydrogens is 359 g/mol. The molecule has 0 saturated carbocycles. The lowest BCUT2D eigenvalue weighted by molar-refractivity contribution is 0.602. The zero-order chi connectivity index (χ0) is 11.8. The number of hydrogen-bond donors (Lipinski definition) is 0. The van der Waals surface area contributed by atoms with Crippen molar-refractivity contribution in [1.82, 2.24) is 10.2 Å². The second-order valence-corrected chi connectivity index (χ2v) is 7.90. The van der Waals surface area contributed by atoms with Crippen LogP contribution in [-0.4, -0.2) is 24.9 Å². The number of hydrogen-bond acceptors (Lipinski definition) is 5. The molecule has 84 valence electrons. The van der Waals surface area contributed by atoms with Crippen LogP contribution in [0.1, 0.15) is 0 Å². The molecule has 1 aromatic heterocycles. The molecule has 0 aliphatic heterocycles. The van der Waals surface area contributed by atoms with Gasteiger partial charge in [-0.15, -0.1) is 10.2 Å². The molecule has 4 nitrogen and oxygen atoms in total. The summed E-state index contributed by atoms with van der Waals surface area (Å²) in [6.45, 7) is 0. The quantitative estimate of drug-likeness (QED) is 0.765. The first-order valence-electron chi connectivity index (χ1n) is 4.26. The zero-order valence-electron chi connectivity index (χ0n) is 8.21. The lowest BCUT2D eigenvalue weighted by Crippen LogP contribution is -1.96. The molecule has 1 heterocycles. The van der Waals surface area contributed by atoms with E-state index in [1.807, 2.05) is 0 Å². The Labute approximate surface area is 111 Å². The van der Waals surface area contributed by atoms with Crippen LogP contribution in [0.5, 0.6) is 0 Å². The normalized spacial score (nSPS) is 11.6. The molecule has 0 bridgehead atoms. The van der Waals surface area contributed by atoms with Gasteiger partial charge in [-0.2, -0.15) is 0 Å². The van der Waals surface area contributed by atoms with Crippen LogP contribution in [0.15, 0.2) is 29.2 Å². The highest BCUT2D eigenvalue weighted by Gasteiger charge is 2.08. The van der Waals surface area contributed by atoms with Crippen molar-refractivity contribution in [3.63, 3.8) is 0 Å². The third-order valence-electron chi connectivity index (χ3n) is 1.93. The van der Waals surface area contributed by atoms with Crippen LogP contribution >= 0.6 is 33.9 Å². The summed E-state index contributed by atoms with van der Waals surface area (Å²) in [4.78, 5) is 0.315. The van der Waals surface area contributed by atoms with E-state index in [1.54, 1.807) is 24.3 Å². The summed E-state index contributed by atoms with van der Waals surface area (Å²) in [5.74, 6) is 0. The van der Waals surface area contributed by atoms with Gasteiger partial charge in [-0.3, -0.25) is 0 Å². The molecular formula is C9H7IN2O2S2. The molecule has 0 radical (unpaired) electrons. The summed E-state index contributed by atoms with van der Waals surface area (Å²) in [5.41, 5.74) is 0.882. The molecule has 2 rings (SSSR count). The Hall–Kier alpha value is -0.540. The molecule has 0 unspecified atom stereocenters. The second kappa shape index (κ2) is 4.38. The van der Waals surface area contributed by atoms with Gasteiger partial charge in [-0.05, 0) is 34.7 Å². The molecule has 0 atom stereocenters. The molecule has 0 aliphatic rings. The van der Waals surface area contributed by atoms with Crippen molar-refractivity contribution in [2.24, 2.45) is 0 Å². The topological polar surface area (TPSA) is 59.9 Å². The van der Waals surface area contributed by atoms with Gasteiger partial charge >= 0.3 is 0 Å². The first-order chi connectivity index (χ1) is 7.47. The van der Waals surface area contributed by atoms with Crippen molar-refractivity contribution < 1.29 is 8.42 Å². The third-order valence-corrected chi connectivity index (χ3v) is 4.70. The number of rotatable bonds is 2. The van der Waals surface area contributed by atoms with Crippen LogP contribution in [0.2, 0.25) is 0 Å². The molecule has 0 aliphatic carbocycles. The standard InChI is InChI=1S/C9H7IN2O2S2/c1-16(13,14)7-4-2-6(3-5-7)8-11-12-9(10)15-8/h2-5H,1H3. The molecule has 0 spiro atoms. The van der Waals surface area contributed by atoms with Crippen molar-refractivity contribution in [3.8, 4) is 10.6 Å². The Morgan fingerprint density at radius 1 is 1.19 bits per heavy atom. The van der Waals surface area contributed by atoms with Crippen molar-refractivity contribution in [1.29, 1.82) is 0 Å². The van der Waals surface area contributed by atoms with Crippen LogP contribution < -0.4 is 0 Å². The van der Waals surface area contributed by atoms with Gasteiger partial charge in [0, 0.05) is 11.8 Å². The summed E-state index contributed by atoms with van der Waals surface area (Å²) in [5, 5.41) is 8.69. The molecule has 0 amide bonds. The summed E-state index contributed by atoms with van der Waals surface area (Å²) in [6.07, 6.45) is 1.19. The van der Waals surface area contributed by atoms with Gasteiger partial charge < -0.3 is 0 Å². The van der Waals surface area contributed by atoms with Crippen LogP contribution in [0, 0.1) is 3.01 Å². The average molecular weight is 366 g/mol. The minimum atomic E-state index is -3.13. The van der Waals surface area contributed by atoms with E-state index in [0.717, 1.165) is 13.6 Å². The molecule has 1 aromatic carbocycles. The summed E-state index contributed by atoms with van der Waals surface area (Å²) in [6, 6.07) is 6.65. The van der Waals surface area contributed by atoms with E-state index in [-0.39, 0.29) is 0 Å². The monoisotopic (exact) mass is 366 g/mol. The van der Waals surface area contributed by atoms with Gasteiger partial charge in [0.25, 0.3) is 0 Å². The van der Waals surface area contributed by atoms with Crippen LogP contribution in [0.25, 0.3) is 10.6 Å². The number of halogens is 1. The molecule has 7 heteroatoms. The molecule has 0 N–H and O–H groups in total. The van der Waals surface area contributed by atoms with Gasteiger partial charge in [-0.1, -0.05) is 23.5 Å². The highest BCUT2D eigenvalue weighted by molar-refractivity contribution is 14.1. The van der Waals surface area contributed by atoms with E-state index in [1.165, 1.54) is 17.6 Å². The maximum absolute atomic E-state index is 11.3. The maximum Gasteiger partial charge on any atom is 0.178 e. The summed E-state index contributed by atoms with van der Waals surface area (Å²) in [7, 11) is -3.13. The smallest absolute Gasteiger partial charge is 0.178 e. The van der Waals surface area contributed by atoms with Crippen LogP contribution in [0.4, 0.5) is 0 Å². The van der Waals surface area contributed by atoms with Gasteiger partial charge in [-0.25, -0.2) is 8.42 Å². The highest BCUT2D eigenvalue weighted by atomic mass is 127. The van der Waals surface area contributed by atoms with E-state index < -0.39 is 9.84 Å². The number of nitrogens with zero attached hydrogens (tertiary/aromatic N) is 2. The van der Waals surface area contributed by atoms with Crippen molar-refractivity contribution in [2.45, 2.75) is 4.90 Å². The Bertz CT molecular complexity index is 605. The lowest BCUT2D eigenvalue weighted by atomic mass is 10.2. The first-order valence-corrected chi connectivity index (χ1v) is 8.05. The minimum Gasteiger partial charge on any atom is -0.224 e. The van der Waals surface area contributed by atoms with Gasteiger partial charge in [0.1, 0.15) is 5.01 Å².